The van der Waals surface area contributed by atoms with E-state index < -0.39 is 11.4 Å². The molecule has 0 aromatic heterocycles. The van der Waals surface area contributed by atoms with Gasteiger partial charge in [-0.15, -0.1) is 0 Å². The zero-order valence-electron chi connectivity index (χ0n) is 10.7. The van der Waals surface area contributed by atoms with Gasteiger partial charge < -0.3 is 15.2 Å². The van der Waals surface area contributed by atoms with Crippen LogP contribution in [0.3, 0.4) is 0 Å². The van der Waals surface area contributed by atoms with Crippen LogP contribution in [0.25, 0.3) is 0 Å². The number of hydrogen-bond acceptors (Lipinski definition) is 3. The van der Waals surface area contributed by atoms with E-state index in [2.05, 4.69) is 5.32 Å². The number of anilines is 1. The van der Waals surface area contributed by atoms with Gasteiger partial charge in [-0.25, -0.2) is 0 Å². The number of amides is 1. The van der Waals surface area contributed by atoms with E-state index in [1.165, 1.54) is 6.92 Å². The van der Waals surface area contributed by atoms with Crippen LogP contribution < -0.4 is 10.1 Å². The van der Waals surface area contributed by atoms with Gasteiger partial charge in [0.25, 0.3) is 0 Å². The van der Waals surface area contributed by atoms with Crippen LogP contribution in [0.2, 0.25) is 0 Å². The summed E-state index contributed by atoms with van der Waals surface area (Å²) in [7, 11) is 0. The first-order valence-electron chi connectivity index (χ1n) is 5.56. The number of nitrogens with one attached hydrogen (secondary N) is 1. The second-order valence-electron chi connectivity index (χ2n) is 4.66. The Balaban J connectivity index is 2.79. The van der Waals surface area contributed by atoms with Crippen molar-refractivity contribution in [3.05, 3.63) is 24.3 Å². The topological polar surface area (TPSA) is 75.6 Å². The molecular weight excluding hydrogens is 234 g/mol. The summed E-state index contributed by atoms with van der Waals surface area (Å²) in [6, 6.07) is 6.91. The van der Waals surface area contributed by atoms with E-state index in [4.69, 9.17) is 9.84 Å². The van der Waals surface area contributed by atoms with Gasteiger partial charge in [-0.2, -0.15) is 0 Å². The fourth-order valence-electron chi connectivity index (χ4n) is 1.21. The van der Waals surface area contributed by atoms with Crippen molar-refractivity contribution in [2.24, 2.45) is 5.41 Å². The largest absolute Gasteiger partial charge is 0.490 e. The molecule has 5 heteroatoms. The molecule has 1 aromatic carbocycles. The quantitative estimate of drug-likeness (QED) is 0.840. The van der Waals surface area contributed by atoms with Crippen molar-refractivity contribution in [1.29, 1.82) is 0 Å². The minimum atomic E-state index is -0.983. The van der Waals surface area contributed by atoms with Crippen LogP contribution in [0.1, 0.15) is 20.8 Å². The summed E-state index contributed by atoms with van der Waals surface area (Å²) in [4.78, 5) is 22.0. The maximum Gasteiger partial charge on any atom is 0.312 e. The molecule has 5 nitrogen and oxygen atoms in total. The van der Waals surface area contributed by atoms with Gasteiger partial charge in [-0.1, -0.05) is 12.1 Å². The average Bonchev–Trinajstić information content (AvgIpc) is 2.27. The monoisotopic (exact) mass is 251 g/mol. The zero-order valence-corrected chi connectivity index (χ0v) is 10.7. The van der Waals surface area contributed by atoms with Crippen molar-refractivity contribution in [3.8, 4) is 5.75 Å². The van der Waals surface area contributed by atoms with E-state index in [0.29, 0.717) is 11.4 Å². The highest BCUT2D eigenvalue weighted by molar-refractivity contribution is 5.90. The highest BCUT2D eigenvalue weighted by atomic mass is 16.5. The highest BCUT2D eigenvalue weighted by Gasteiger charge is 2.28. The molecule has 0 unspecified atom stereocenters. The number of para-hydroxylation sites is 2. The molecular formula is C13H17NO4. The Hall–Kier alpha value is -2.04. The molecule has 18 heavy (non-hydrogen) atoms. The number of carbonyl (C=O) groups excluding carboxylic acids is 1. The molecule has 0 saturated heterocycles. The van der Waals surface area contributed by atoms with Crippen LogP contribution in [-0.2, 0) is 9.59 Å². The first kappa shape index (κ1) is 14.0. The number of aliphatic carboxylic acids is 1. The molecule has 0 saturated carbocycles. The van der Waals surface area contributed by atoms with Gasteiger partial charge in [-0.05, 0) is 26.0 Å². The van der Waals surface area contributed by atoms with Gasteiger partial charge in [-0.3, -0.25) is 9.59 Å². The molecule has 0 atom stereocenters. The lowest BCUT2D eigenvalue weighted by Gasteiger charge is -2.20. The Morgan fingerprint density at radius 3 is 2.50 bits per heavy atom. The van der Waals surface area contributed by atoms with E-state index in [0.717, 1.165) is 0 Å². The number of ether oxygens (including phenoxy) is 1. The highest BCUT2D eigenvalue weighted by Crippen LogP contribution is 2.26. The van der Waals surface area contributed by atoms with Gasteiger partial charge in [0.15, 0.2) is 0 Å². The zero-order chi connectivity index (χ0) is 13.8. The molecule has 0 aliphatic rings. The number of hydrogen-bond donors (Lipinski definition) is 2. The second kappa shape index (κ2) is 5.53. The van der Waals surface area contributed by atoms with E-state index in [1.54, 1.807) is 38.1 Å². The summed E-state index contributed by atoms with van der Waals surface area (Å²) in [5.41, 5.74) is -0.449. The molecule has 0 aliphatic heterocycles. The molecule has 0 aliphatic carbocycles. The Kier molecular flexibility index (Phi) is 4.31. The Morgan fingerprint density at radius 1 is 1.33 bits per heavy atom. The van der Waals surface area contributed by atoms with Crippen LogP contribution in [0.5, 0.6) is 5.75 Å². The molecule has 0 fully saturated rings. The molecule has 0 heterocycles. The lowest BCUT2D eigenvalue weighted by Crippen LogP contribution is -2.30. The first-order valence-corrected chi connectivity index (χ1v) is 5.56. The minimum Gasteiger partial charge on any atom is -0.490 e. The number of carboxylic acid groups (broad SMARTS) is 1. The molecule has 0 bridgehead atoms. The molecule has 0 radical (unpaired) electrons. The normalized spacial score (nSPS) is 10.8. The maximum absolute atomic E-state index is 11.0. The molecule has 98 valence electrons. The fraction of sp³-hybridized carbons (Fsp3) is 0.385. The predicted octanol–water partition coefficient (Wildman–Crippen LogP) is 2.13. The number of carboxylic acids is 1. The van der Waals surface area contributed by atoms with E-state index in [1.807, 2.05) is 0 Å². The van der Waals surface area contributed by atoms with Gasteiger partial charge >= 0.3 is 5.97 Å². The van der Waals surface area contributed by atoms with Crippen molar-refractivity contribution in [3.63, 3.8) is 0 Å². The summed E-state index contributed by atoms with van der Waals surface area (Å²) < 4.78 is 5.47. The summed E-state index contributed by atoms with van der Waals surface area (Å²) in [6.07, 6.45) is 0. The van der Waals surface area contributed by atoms with Crippen molar-refractivity contribution in [1.82, 2.24) is 0 Å². The van der Waals surface area contributed by atoms with Crippen molar-refractivity contribution < 1.29 is 19.4 Å². The number of benzene rings is 1. The number of rotatable bonds is 5. The summed E-state index contributed by atoms with van der Waals surface area (Å²) in [5.74, 6) is -0.676. The Labute approximate surface area is 106 Å². The molecule has 1 aromatic rings. The average molecular weight is 251 g/mol. The van der Waals surface area contributed by atoms with E-state index in [-0.39, 0.29) is 12.5 Å². The lowest BCUT2D eigenvalue weighted by atomic mass is 9.95. The Morgan fingerprint density at radius 2 is 1.94 bits per heavy atom. The van der Waals surface area contributed by atoms with Crippen LogP contribution >= 0.6 is 0 Å². The third-order valence-corrected chi connectivity index (χ3v) is 2.37. The molecule has 2 N–H and O–H groups in total. The SMILES string of the molecule is CC(=O)Nc1ccccc1OCC(C)(C)C(=O)O. The van der Waals surface area contributed by atoms with Crippen molar-refractivity contribution in [2.75, 3.05) is 11.9 Å². The third kappa shape index (κ3) is 3.76. The Bertz CT molecular complexity index is 454. The fourth-order valence-corrected chi connectivity index (χ4v) is 1.21. The van der Waals surface area contributed by atoms with Crippen LogP contribution in [0, 0.1) is 5.41 Å². The second-order valence-corrected chi connectivity index (χ2v) is 4.66. The molecule has 1 amide bonds. The summed E-state index contributed by atoms with van der Waals surface area (Å²) in [6.45, 7) is 4.59. The maximum atomic E-state index is 11.0. The number of carbonyl (C=O) groups is 2. The van der Waals surface area contributed by atoms with Gasteiger partial charge in [0.2, 0.25) is 5.91 Å². The van der Waals surface area contributed by atoms with Crippen LogP contribution in [-0.4, -0.2) is 23.6 Å². The minimum absolute atomic E-state index is 0.0267. The summed E-state index contributed by atoms with van der Waals surface area (Å²) >= 11 is 0. The van der Waals surface area contributed by atoms with Gasteiger partial charge in [0.1, 0.15) is 12.4 Å². The van der Waals surface area contributed by atoms with Gasteiger partial charge in [0.05, 0.1) is 11.1 Å². The van der Waals surface area contributed by atoms with Gasteiger partial charge in [0, 0.05) is 6.92 Å². The molecule has 0 spiro atoms. The standard InChI is InChI=1S/C13H17NO4/c1-9(15)14-10-6-4-5-7-11(10)18-8-13(2,3)12(16)17/h4-7H,8H2,1-3H3,(H,14,15)(H,16,17). The van der Waals surface area contributed by atoms with Crippen LogP contribution in [0.4, 0.5) is 5.69 Å². The predicted molar refractivity (Wildman–Crippen MR) is 67.7 cm³/mol. The molecule has 1 rings (SSSR count). The summed E-state index contributed by atoms with van der Waals surface area (Å²) in [5, 5.41) is 11.6. The third-order valence-electron chi connectivity index (χ3n) is 2.37. The van der Waals surface area contributed by atoms with Crippen LogP contribution in [0.15, 0.2) is 24.3 Å². The smallest absolute Gasteiger partial charge is 0.312 e. The van der Waals surface area contributed by atoms with E-state index >= 15 is 0 Å². The first-order chi connectivity index (χ1) is 8.33. The van der Waals surface area contributed by atoms with Crippen molar-refractivity contribution >= 4 is 17.6 Å². The van der Waals surface area contributed by atoms with Crippen molar-refractivity contribution in [2.45, 2.75) is 20.8 Å². The lowest BCUT2D eigenvalue weighted by molar-refractivity contribution is -0.148. The van der Waals surface area contributed by atoms with E-state index in [9.17, 15) is 9.59 Å².